The average molecular weight is 337 g/mol. The maximum atomic E-state index is 12.8. The number of imidazole rings is 1. The third-order valence-electron chi connectivity index (χ3n) is 4.55. The van der Waals surface area contributed by atoms with Crippen LogP contribution < -0.4 is 4.90 Å². The quantitative estimate of drug-likeness (QED) is 0.685. The number of hydrogen-bond donors (Lipinski definition) is 0. The van der Waals surface area contributed by atoms with Crippen LogP contribution >= 0.6 is 11.8 Å². The zero-order valence-electron chi connectivity index (χ0n) is 13.8. The normalized spacial score (nSPS) is 16.6. The zero-order valence-corrected chi connectivity index (χ0v) is 14.6. The Morgan fingerprint density at radius 3 is 2.79 bits per heavy atom. The van der Waals surface area contributed by atoms with Gasteiger partial charge in [-0.1, -0.05) is 42.1 Å². The standard InChI is InChI=1S/C19H19N3OS/c1-13-11-14-7-3-5-9-16(14)22(13)18(23)12-24-19-20-15-8-4-6-10-17(15)21(19)2/h3-10,13H,11-12H2,1-2H3. The number of thioether (sulfide) groups is 1. The lowest BCUT2D eigenvalue weighted by Crippen LogP contribution is -2.37. The van der Waals surface area contributed by atoms with Crippen molar-refractivity contribution in [3.63, 3.8) is 0 Å². The first-order chi connectivity index (χ1) is 11.6. The highest BCUT2D eigenvalue weighted by atomic mass is 32.2. The summed E-state index contributed by atoms with van der Waals surface area (Å²) in [7, 11) is 2.00. The molecule has 0 bridgehead atoms. The zero-order chi connectivity index (χ0) is 16.7. The molecule has 1 aromatic heterocycles. The van der Waals surface area contributed by atoms with Gasteiger partial charge < -0.3 is 9.47 Å². The molecule has 0 fully saturated rings. The second kappa shape index (κ2) is 5.98. The van der Waals surface area contributed by atoms with Gasteiger partial charge in [-0.25, -0.2) is 4.98 Å². The van der Waals surface area contributed by atoms with Gasteiger partial charge in [-0.3, -0.25) is 4.79 Å². The van der Waals surface area contributed by atoms with E-state index >= 15 is 0 Å². The van der Waals surface area contributed by atoms with Crippen molar-refractivity contribution in [2.45, 2.75) is 24.5 Å². The molecule has 122 valence electrons. The molecule has 2 aromatic carbocycles. The average Bonchev–Trinajstić information content (AvgIpc) is 3.09. The molecule has 2 heterocycles. The molecule has 1 aliphatic heterocycles. The monoisotopic (exact) mass is 337 g/mol. The summed E-state index contributed by atoms with van der Waals surface area (Å²) in [5.74, 6) is 0.542. The topological polar surface area (TPSA) is 38.1 Å². The van der Waals surface area contributed by atoms with Gasteiger partial charge in [0.1, 0.15) is 0 Å². The van der Waals surface area contributed by atoms with E-state index in [-0.39, 0.29) is 11.9 Å². The van der Waals surface area contributed by atoms with Gasteiger partial charge in [0.15, 0.2) is 5.16 Å². The number of para-hydroxylation sites is 3. The first-order valence-corrected chi connectivity index (χ1v) is 9.08. The predicted octanol–water partition coefficient (Wildman–Crippen LogP) is 3.64. The molecule has 1 unspecified atom stereocenters. The number of hydrogen-bond acceptors (Lipinski definition) is 3. The highest BCUT2D eigenvalue weighted by Gasteiger charge is 2.30. The summed E-state index contributed by atoms with van der Waals surface area (Å²) in [4.78, 5) is 19.4. The van der Waals surface area contributed by atoms with Crippen LogP contribution in [0.3, 0.4) is 0 Å². The SMILES string of the molecule is CC1Cc2ccccc2N1C(=O)CSc1nc2ccccc2n1C. The number of nitrogens with zero attached hydrogens (tertiary/aromatic N) is 3. The predicted molar refractivity (Wildman–Crippen MR) is 98.5 cm³/mol. The van der Waals surface area contributed by atoms with Crippen molar-refractivity contribution in [1.29, 1.82) is 0 Å². The molecular weight excluding hydrogens is 318 g/mol. The molecule has 0 saturated heterocycles. The van der Waals surface area contributed by atoms with Gasteiger partial charge in [0, 0.05) is 18.8 Å². The number of carbonyl (C=O) groups excluding carboxylic acids is 1. The van der Waals surface area contributed by atoms with Crippen LogP contribution in [0.15, 0.2) is 53.7 Å². The van der Waals surface area contributed by atoms with E-state index in [0.29, 0.717) is 5.75 Å². The lowest BCUT2D eigenvalue weighted by Gasteiger charge is -2.22. The van der Waals surface area contributed by atoms with Crippen molar-refractivity contribution in [2.75, 3.05) is 10.7 Å². The van der Waals surface area contributed by atoms with Crippen LogP contribution in [-0.4, -0.2) is 27.3 Å². The summed E-state index contributed by atoms with van der Waals surface area (Å²) in [5.41, 5.74) is 4.37. The largest absolute Gasteiger partial charge is 0.322 e. The molecule has 4 nitrogen and oxygen atoms in total. The summed E-state index contributed by atoms with van der Waals surface area (Å²) in [6.45, 7) is 2.11. The van der Waals surface area contributed by atoms with E-state index in [4.69, 9.17) is 0 Å². The number of benzene rings is 2. The number of rotatable bonds is 3. The Labute approximate surface area is 145 Å². The third-order valence-corrected chi connectivity index (χ3v) is 5.56. The minimum absolute atomic E-state index is 0.143. The Balaban J connectivity index is 1.53. The fraction of sp³-hybridized carbons (Fsp3) is 0.263. The van der Waals surface area contributed by atoms with Crippen LogP contribution in [0.5, 0.6) is 0 Å². The third kappa shape index (κ3) is 2.49. The van der Waals surface area contributed by atoms with Gasteiger partial charge in [-0.15, -0.1) is 0 Å². The van der Waals surface area contributed by atoms with Gasteiger partial charge in [-0.05, 0) is 37.1 Å². The number of aryl methyl sites for hydroxylation is 1. The lowest BCUT2D eigenvalue weighted by molar-refractivity contribution is -0.116. The fourth-order valence-electron chi connectivity index (χ4n) is 3.39. The van der Waals surface area contributed by atoms with Gasteiger partial charge in [0.05, 0.1) is 16.8 Å². The molecule has 1 aliphatic rings. The number of fused-ring (bicyclic) bond motifs is 2. The van der Waals surface area contributed by atoms with Gasteiger partial charge in [0.25, 0.3) is 0 Å². The van der Waals surface area contributed by atoms with Crippen molar-refractivity contribution in [3.8, 4) is 0 Å². The van der Waals surface area contributed by atoms with E-state index in [2.05, 4.69) is 22.5 Å². The minimum atomic E-state index is 0.143. The minimum Gasteiger partial charge on any atom is -0.322 e. The maximum absolute atomic E-state index is 12.8. The molecule has 24 heavy (non-hydrogen) atoms. The first-order valence-electron chi connectivity index (χ1n) is 8.09. The molecule has 0 spiro atoms. The lowest BCUT2D eigenvalue weighted by atomic mass is 10.1. The van der Waals surface area contributed by atoms with Crippen LogP contribution in [-0.2, 0) is 18.3 Å². The van der Waals surface area contributed by atoms with Gasteiger partial charge >= 0.3 is 0 Å². The van der Waals surface area contributed by atoms with E-state index in [0.717, 1.165) is 28.3 Å². The van der Waals surface area contributed by atoms with Crippen LogP contribution in [0.4, 0.5) is 5.69 Å². The number of amides is 1. The Morgan fingerprint density at radius 1 is 1.21 bits per heavy atom. The molecule has 1 atom stereocenters. The van der Waals surface area contributed by atoms with Crippen molar-refractivity contribution >= 4 is 34.4 Å². The van der Waals surface area contributed by atoms with E-state index in [1.54, 1.807) is 0 Å². The van der Waals surface area contributed by atoms with Crippen molar-refractivity contribution in [1.82, 2.24) is 9.55 Å². The Bertz CT molecular complexity index is 918. The Morgan fingerprint density at radius 2 is 1.96 bits per heavy atom. The molecular formula is C19H19N3OS. The molecule has 0 radical (unpaired) electrons. The molecule has 0 aliphatic carbocycles. The van der Waals surface area contributed by atoms with Crippen molar-refractivity contribution < 1.29 is 4.79 Å². The molecule has 0 N–H and O–H groups in total. The molecule has 1 amide bonds. The summed E-state index contributed by atoms with van der Waals surface area (Å²) in [6, 6.07) is 16.4. The van der Waals surface area contributed by atoms with E-state index in [1.807, 2.05) is 54.4 Å². The van der Waals surface area contributed by atoms with E-state index in [1.165, 1.54) is 17.3 Å². The van der Waals surface area contributed by atoms with Gasteiger partial charge in [-0.2, -0.15) is 0 Å². The van der Waals surface area contributed by atoms with E-state index < -0.39 is 0 Å². The summed E-state index contributed by atoms with van der Waals surface area (Å²) < 4.78 is 2.05. The van der Waals surface area contributed by atoms with Crippen molar-refractivity contribution in [3.05, 3.63) is 54.1 Å². The second-order valence-electron chi connectivity index (χ2n) is 6.18. The van der Waals surface area contributed by atoms with Crippen molar-refractivity contribution in [2.24, 2.45) is 7.05 Å². The first kappa shape index (κ1) is 15.3. The summed E-state index contributed by atoms with van der Waals surface area (Å²) >= 11 is 1.51. The number of carbonyl (C=O) groups is 1. The highest BCUT2D eigenvalue weighted by Crippen LogP contribution is 2.33. The summed E-state index contributed by atoms with van der Waals surface area (Å²) in [5, 5.41) is 0.879. The van der Waals surface area contributed by atoms with Crippen LogP contribution in [0.25, 0.3) is 11.0 Å². The van der Waals surface area contributed by atoms with Crippen LogP contribution in [0, 0.1) is 0 Å². The molecule has 5 heteroatoms. The molecule has 0 saturated carbocycles. The second-order valence-corrected chi connectivity index (χ2v) is 7.12. The molecule has 3 aromatic rings. The highest BCUT2D eigenvalue weighted by molar-refractivity contribution is 7.99. The number of aromatic nitrogens is 2. The Kier molecular flexibility index (Phi) is 3.81. The summed E-state index contributed by atoms with van der Waals surface area (Å²) in [6.07, 6.45) is 0.929. The number of anilines is 1. The smallest absolute Gasteiger partial charge is 0.237 e. The van der Waals surface area contributed by atoms with Gasteiger partial charge in [0.2, 0.25) is 5.91 Å². The maximum Gasteiger partial charge on any atom is 0.237 e. The Hall–Kier alpha value is -2.27. The van der Waals surface area contributed by atoms with Crippen LogP contribution in [0.2, 0.25) is 0 Å². The van der Waals surface area contributed by atoms with E-state index in [9.17, 15) is 4.79 Å². The molecule has 4 rings (SSSR count). The van der Waals surface area contributed by atoms with Crippen LogP contribution in [0.1, 0.15) is 12.5 Å². The fourth-order valence-corrected chi connectivity index (χ4v) is 4.24.